The second-order valence-corrected chi connectivity index (χ2v) is 7.61. The fourth-order valence-electron chi connectivity index (χ4n) is 3.18. The Bertz CT molecular complexity index is 1150. The monoisotopic (exact) mass is 415 g/mol. The summed E-state index contributed by atoms with van der Waals surface area (Å²) in [7, 11) is 0. The van der Waals surface area contributed by atoms with Gasteiger partial charge in [0.25, 0.3) is 5.91 Å². The lowest BCUT2D eigenvalue weighted by Gasteiger charge is -2.15. The molecule has 0 saturated carbocycles. The highest BCUT2D eigenvalue weighted by Crippen LogP contribution is 2.36. The van der Waals surface area contributed by atoms with E-state index in [0.29, 0.717) is 12.8 Å². The van der Waals surface area contributed by atoms with Gasteiger partial charge in [-0.1, -0.05) is 30.3 Å². The number of carbonyl (C=O) groups is 1. The maximum Gasteiger partial charge on any atom is 0.417 e. The summed E-state index contributed by atoms with van der Waals surface area (Å²) in [6.07, 6.45) is -2.44. The first-order valence-corrected chi connectivity index (χ1v) is 9.83. The Hall–Kier alpha value is -3.00. The van der Waals surface area contributed by atoms with Gasteiger partial charge in [-0.05, 0) is 24.6 Å². The first kappa shape index (κ1) is 19.3. The highest BCUT2D eigenvalue weighted by Gasteiger charge is 2.37. The Morgan fingerprint density at radius 2 is 1.76 bits per heavy atom. The molecule has 2 aromatic heterocycles. The largest absolute Gasteiger partial charge is 0.417 e. The van der Waals surface area contributed by atoms with Crippen LogP contribution in [0.3, 0.4) is 0 Å². The molecule has 1 N–H and O–H groups in total. The Balaban J connectivity index is 1.46. The standard InChI is InChI=1S/C21H16F3N3OS/c22-21(23,24)19-13-6-1-2-7-15(13)26-12-14(19)20(28)25-11-5-10-18-27-16-8-3-4-9-17(16)29-18/h1-4,6-9,12H,5,10-11H2,(H,25,28). The molecule has 4 aromatic rings. The van der Waals surface area contributed by atoms with Crippen LogP contribution < -0.4 is 5.32 Å². The number of amides is 1. The summed E-state index contributed by atoms with van der Waals surface area (Å²) in [6, 6.07) is 13.7. The molecular weight excluding hydrogens is 399 g/mol. The first-order chi connectivity index (χ1) is 13.9. The molecule has 4 rings (SSSR count). The number of fused-ring (bicyclic) bond motifs is 2. The number of benzene rings is 2. The Morgan fingerprint density at radius 1 is 1.03 bits per heavy atom. The lowest BCUT2D eigenvalue weighted by molar-refractivity contribution is -0.136. The molecule has 0 bridgehead atoms. The molecular formula is C21H16F3N3OS. The second kappa shape index (κ2) is 7.79. The number of carbonyl (C=O) groups excluding carboxylic acids is 1. The van der Waals surface area contributed by atoms with Gasteiger partial charge >= 0.3 is 6.18 Å². The summed E-state index contributed by atoms with van der Waals surface area (Å²) in [5.74, 6) is -0.778. The van der Waals surface area contributed by atoms with Crippen LogP contribution in [-0.4, -0.2) is 22.4 Å². The summed E-state index contributed by atoms with van der Waals surface area (Å²) < 4.78 is 42.0. The number of thiazole rings is 1. The fraction of sp³-hybridized carbons (Fsp3) is 0.190. The van der Waals surface area contributed by atoms with Crippen molar-refractivity contribution < 1.29 is 18.0 Å². The molecule has 0 radical (unpaired) electrons. The third-order valence-corrected chi connectivity index (χ3v) is 5.59. The third-order valence-electron chi connectivity index (χ3n) is 4.49. The zero-order valence-corrected chi connectivity index (χ0v) is 16.0. The molecule has 0 aliphatic carbocycles. The maximum absolute atomic E-state index is 13.6. The van der Waals surface area contributed by atoms with Gasteiger partial charge in [-0.25, -0.2) is 4.98 Å². The summed E-state index contributed by atoms with van der Waals surface area (Å²) >= 11 is 1.58. The summed E-state index contributed by atoms with van der Waals surface area (Å²) in [5, 5.41) is 3.43. The van der Waals surface area contributed by atoms with Crippen LogP contribution in [0.15, 0.2) is 54.7 Å². The van der Waals surface area contributed by atoms with Crippen LogP contribution in [0.4, 0.5) is 13.2 Å². The van der Waals surface area contributed by atoms with Crippen LogP contribution >= 0.6 is 11.3 Å². The molecule has 0 spiro atoms. The molecule has 0 atom stereocenters. The Labute approximate surface area is 168 Å². The minimum Gasteiger partial charge on any atom is -0.352 e. The molecule has 2 aromatic carbocycles. The van der Waals surface area contributed by atoms with E-state index in [1.54, 1.807) is 17.4 Å². The lowest BCUT2D eigenvalue weighted by atomic mass is 10.0. The fourth-order valence-corrected chi connectivity index (χ4v) is 4.19. The van der Waals surface area contributed by atoms with Gasteiger partial charge in [0.05, 0.1) is 31.9 Å². The average molecular weight is 415 g/mol. The smallest absolute Gasteiger partial charge is 0.352 e. The Morgan fingerprint density at radius 3 is 2.52 bits per heavy atom. The number of hydrogen-bond donors (Lipinski definition) is 1. The van der Waals surface area contributed by atoms with E-state index >= 15 is 0 Å². The SMILES string of the molecule is O=C(NCCCc1nc2ccccc2s1)c1cnc2ccccc2c1C(F)(F)F. The first-order valence-electron chi connectivity index (χ1n) is 9.01. The van der Waals surface area contributed by atoms with Crippen molar-refractivity contribution in [3.8, 4) is 0 Å². The normalized spacial score (nSPS) is 11.8. The summed E-state index contributed by atoms with van der Waals surface area (Å²) in [4.78, 5) is 21.0. The van der Waals surface area contributed by atoms with Crippen molar-refractivity contribution in [1.29, 1.82) is 0 Å². The highest BCUT2D eigenvalue weighted by molar-refractivity contribution is 7.18. The van der Waals surface area contributed by atoms with Gasteiger partial charge < -0.3 is 5.32 Å². The molecule has 4 nitrogen and oxygen atoms in total. The summed E-state index contributed by atoms with van der Waals surface area (Å²) in [6.45, 7) is 0.249. The number of para-hydroxylation sites is 2. The van der Waals surface area contributed by atoms with Gasteiger partial charge in [0.2, 0.25) is 0 Å². The molecule has 2 heterocycles. The second-order valence-electron chi connectivity index (χ2n) is 6.50. The number of aryl methyl sites for hydroxylation is 1. The minimum atomic E-state index is -4.66. The number of aromatic nitrogens is 2. The Kier molecular flexibility index (Phi) is 5.19. The van der Waals surface area contributed by atoms with Gasteiger partial charge in [0, 0.05) is 24.5 Å². The molecule has 0 unspecified atom stereocenters. The van der Waals surface area contributed by atoms with E-state index in [1.165, 1.54) is 18.2 Å². The van der Waals surface area contributed by atoms with Gasteiger partial charge in [-0.2, -0.15) is 13.2 Å². The van der Waals surface area contributed by atoms with Crippen molar-refractivity contribution in [1.82, 2.24) is 15.3 Å². The van der Waals surface area contributed by atoms with E-state index in [2.05, 4.69) is 15.3 Å². The number of nitrogens with one attached hydrogen (secondary N) is 1. The maximum atomic E-state index is 13.6. The van der Waals surface area contributed by atoms with Crippen molar-refractivity contribution in [3.63, 3.8) is 0 Å². The number of hydrogen-bond acceptors (Lipinski definition) is 4. The van der Waals surface area contributed by atoms with Crippen LogP contribution in [-0.2, 0) is 12.6 Å². The number of pyridine rings is 1. The zero-order valence-electron chi connectivity index (χ0n) is 15.2. The predicted molar refractivity (Wildman–Crippen MR) is 107 cm³/mol. The zero-order chi connectivity index (χ0) is 20.4. The van der Waals surface area contributed by atoms with Crippen LogP contribution in [0.25, 0.3) is 21.1 Å². The van der Waals surface area contributed by atoms with E-state index in [9.17, 15) is 18.0 Å². The van der Waals surface area contributed by atoms with Crippen molar-refractivity contribution in [2.45, 2.75) is 19.0 Å². The van der Waals surface area contributed by atoms with E-state index in [4.69, 9.17) is 0 Å². The molecule has 8 heteroatoms. The van der Waals surface area contributed by atoms with E-state index < -0.39 is 23.2 Å². The molecule has 0 fully saturated rings. The van der Waals surface area contributed by atoms with E-state index in [0.717, 1.165) is 21.4 Å². The van der Waals surface area contributed by atoms with Gasteiger partial charge in [-0.3, -0.25) is 9.78 Å². The van der Waals surface area contributed by atoms with Crippen LogP contribution in [0.2, 0.25) is 0 Å². The van der Waals surface area contributed by atoms with Gasteiger partial charge in [0.1, 0.15) is 0 Å². The molecule has 0 aliphatic heterocycles. The van der Waals surface area contributed by atoms with Gasteiger partial charge in [0.15, 0.2) is 0 Å². The lowest BCUT2D eigenvalue weighted by Crippen LogP contribution is -2.28. The number of alkyl halides is 3. The minimum absolute atomic E-state index is 0.0814. The van der Waals surface area contributed by atoms with Crippen molar-refractivity contribution >= 4 is 38.4 Å². The van der Waals surface area contributed by atoms with Crippen LogP contribution in [0, 0.1) is 0 Å². The molecule has 148 valence electrons. The topological polar surface area (TPSA) is 54.9 Å². The number of nitrogens with zero attached hydrogens (tertiary/aromatic N) is 2. The van der Waals surface area contributed by atoms with Crippen molar-refractivity contribution in [2.75, 3.05) is 6.54 Å². The van der Waals surface area contributed by atoms with Crippen molar-refractivity contribution in [2.24, 2.45) is 0 Å². The van der Waals surface area contributed by atoms with E-state index in [-0.39, 0.29) is 17.4 Å². The van der Waals surface area contributed by atoms with Crippen LogP contribution in [0.5, 0.6) is 0 Å². The molecule has 29 heavy (non-hydrogen) atoms. The number of rotatable bonds is 5. The van der Waals surface area contributed by atoms with Gasteiger partial charge in [-0.15, -0.1) is 11.3 Å². The molecule has 0 aliphatic rings. The van der Waals surface area contributed by atoms with Crippen molar-refractivity contribution in [3.05, 3.63) is 70.9 Å². The molecule has 0 saturated heterocycles. The van der Waals surface area contributed by atoms with E-state index in [1.807, 2.05) is 24.3 Å². The predicted octanol–water partition coefficient (Wildman–Crippen LogP) is 5.23. The third kappa shape index (κ3) is 4.07. The average Bonchev–Trinajstić information content (AvgIpc) is 3.12. The molecule has 1 amide bonds. The quantitative estimate of drug-likeness (QED) is 0.455. The summed E-state index contributed by atoms with van der Waals surface area (Å²) in [5.41, 5.74) is -0.288. The highest BCUT2D eigenvalue weighted by atomic mass is 32.1. The van der Waals surface area contributed by atoms with Crippen LogP contribution in [0.1, 0.15) is 27.3 Å². The number of halogens is 3.